The minimum absolute atomic E-state index is 0.165. The van der Waals surface area contributed by atoms with Crippen LogP contribution >= 0.6 is 11.8 Å². The van der Waals surface area contributed by atoms with E-state index in [1.54, 1.807) is 31.4 Å². The van der Waals surface area contributed by atoms with Gasteiger partial charge in [0.15, 0.2) is 0 Å². The number of carbonyl (C=O) groups is 1. The van der Waals surface area contributed by atoms with Gasteiger partial charge in [0, 0.05) is 18.8 Å². The topological polar surface area (TPSA) is 88.8 Å². The fourth-order valence-corrected chi connectivity index (χ4v) is 4.83. The number of furan rings is 1. The minimum atomic E-state index is -3.60. The van der Waals surface area contributed by atoms with Crippen LogP contribution < -0.4 is 5.32 Å². The Morgan fingerprint density at radius 1 is 1.26 bits per heavy atom. The van der Waals surface area contributed by atoms with Gasteiger partial charge in [-0.15, -0.1) is 11.8 Å². The Balaban J connectivity index is 1.63. The third-order valence-electron chi connectivity index (χ3n) is 4.13. The predicted molar refractivity (Wildman–Crippen MR) is 104 cm³/mol. The maximum atomic E-state index is 12.7. The Labute approximate surface area is 163 Å². The third-order valence-corrected chi connectivity index (χ3v) is 7.19. The Kier molecular flexibility index (Phi) is 6.59. The summed E-state index contributed by atoms with van der Waals surface area (Å²) in [4.78, 5) is 12.6. The first-order valence-electron chi connectivity index (χ1n) is 8.59. The van der Waals surface area contributed by atoms with Crippen molar-refractivity contribution in [3.05, 3.63) is 48.4 Å². The van der Waals surface area contributed by atoms with Crippen molar-refractivity contribution in [3.63, 3.8) is 0 Å². The number of sulfonamides is 1. The molecule has 1 aliphatic rings. The highest BCUT2D eigenvalue weighted by Gasteiger charge is 2.26. The van der Waals surface area contributed by atoms with Crippen molar-refractivity contribution in [1.82, 2.24) is 4.31 Å². The number of nitrogens with one attached hydrogen (secondary N) is 1. The largest absolute Gasteiger partial charge is 0.468 e. The molecule has 2 heterocycles. The first kappa shape index (κ1) is 19.9. The summed E-state index contributed by atoms with van der Waals surface area (Å²) in [5, 5.41) is 2.48. The zero-order valence-electron chi connectivity index (χ0n) is 15.0. The maximum absolute atomic E-state index is 12.7. The lowest BCUT2D eigenvalue weighted by Gasteiger charge is -2.26. The number of hydrogen-bond acceptors (Lipinski definition) is 6. The molecule has 9 heteroatoms. The molecule has 1 N–H and O–H groups in total. The Hall–Kier alpha value is -1.81. The number of carbonyl (C=O) groups excluding carboxylic acids is 1. The van der Waals surface area contributed by atoms with E-state index < -0.39 is 10.0 Å². The average Bonchev–Trinajstić information content (AvgIpc) is 3.20. The molecule has 1 saturated heterocycles. The highest BCUT2D eigenvalue weighted by molar-refractivity contribution is 7.99. The molecule has 2 aromatic rings. The van der Waals surface area contributed by atoms with Gasteiger partial charge in [0.05, 0.1) is 35.4 Å². The van der Waals surface area contributed by atoms with Gasteiger partial charge in [0.2, 0.25) is 15.9 Å². The van der Waals surface area contributed by atoms with E-state index in [1.165, 1.54) is 28.2 Å². The highest BCUT2D eigenvalue weighted by Crippen LogP contribution is 2.23. The smallest absolute Gasteiger partial charge is 0.243 e. The summed E-state index contributed by atoms with van der Waals surface area (Å²) in [5.41, 5.74) is 0.458. The monoisotopic (exact) mass is 410 g/mol. The van der Waals surface area contributed by atoms with Crippen molar-refractivity contribution in [1.29, 1.82) is 0 Å². The standard InChI is InChI=1S/C18H22N2O5S2/c1-14(26-13-16-5-3-9-25-16)18(21)19-15-4-2-6-17(12-15)27(22,23)20-7-10-24-11-8-20/h2-6,9,12,14H,7-8,10-11,13H2,1H3,(H,19,21)/t14-/m1/s1. The van der Waals surface area contributed by atoms with E-state index in [4.69, 9.17) is 9.15 Å². The van der Waals surface area contributed by atoms with Crippen molar-refractivity contribution < 1.29 is 22.4 Å². The molecule has 0 radical (unpaired) electrons. The fraction of sp³-hybridized carbons (Fsp3) is 0.389. The summed E-state index contributed by atoms with van der Waals surface area (Å²) >= 11 is 1.45. The van der Waals surface area contributed by atoms with Gasteiger partial charge >= 0.3 is 0 Å². The molecule has 0 unspecified atom stereocenters. The van der Waals surface area contributed by atoms with Crippen LogP contribution in [-0.4, -0.2) is 50.2 Å². The zero-order chi connectivity index (χ0) is 19.3. The molecular weight excluding hydrogens is 388 g/mol. The summed E-state index contributed by atoms with van der Waals surface area (Å²) in [6, 6.07) is 10.0. The second-order valence-electron chi connectivity index (χ2n) is 6.07. The minimum Gasteiger partial charge on any atom is -0.468 e. The van der Waals surface area contributed by atoms with Crippen molar-refractivity contribution in [2.75, 3.05) is 31.6 Å². The van der Waals surface area contributed by atoms with Gasteiger partial charge in [-0.25, -0.2) is 8.42 Å². The number of benzene rings is 1. The van der Waals surface area contributed by atoms with E-state index in [-0.39, 0.29) is 16.1 Å². The number of hydrogen-bond donors (Lipinski definition) is 1. The first-order valence-corrected chi connectivity index (χ1v) is 11.1. The van der Waals surface area contributed by atoms with Crippen molar-refractivity contribution in [2.24, 2.45) is 0 Å². The second kappa shape index (κ2) is 8.92. The van der Waals surface area contributed by atoms with Gasteiger partial charge in [0.1, 0.15) is 5.76 Å². The van der Waals surface area contributed by atoms with E-state index >= 15 is 0 Å². The number of amides is 1. The van der Waals surface area contributed by atoms with Crippen LogP contribution in [-0.2, 0) is 25.3 Å². The number of anilines is 1. The molecule has 0 saturated carbocycles. The van der Waals surface area contributed by atoms with E-state index in [1.807, 2.05) is 6.07 Å². The number of ether oxygens (including phenoxy) is 1. The summed E-state index contributed by atoms with van der Waals surface area (Å²) in [7, 11) is -3.60. The normalized spacial score (nSPS) is 16.8. The Morgan fingerprint density at radius 2 is 2.04 bits per heavy atom. The first-order chi connectivity index (χ1) is 13.0. The molecule has 0 spiro atoms. The van der Waals surface area contributed by atoms with Gasteiger partial charge in [-0.05, 0) is 37.3 Å². The quantitative estimate of drug-likeness (QED) is 0.755. The van der Waals surface area contributed by atoms with Crippen LogP contribution in [0, 0.1) is 0 Å². The summed E-state index contributed by atoms with van der Waals surface area (Å²) < 4.78 is 37.3. The molecule has 1 amide bonds. The molecule has 0 bridgehead atoms. The molecule has 27 heavy (non-hydrogen) atoms. The second-order valence-corrected chi connectivity index (χ2v) is 9.33. The van der Waals surface area contributed by atoms with E-state index in [2.05, 4.69) is 5.32 Å². The maximum Gasteiger partial charge on any atom is 0.243 e. The molecule has 1 aromatic carbocycles. The van der Waals surface area contributed by atoms with Gasteiger partial charge in [-0.1, -0.05) is 6.07 Å². The summed E-state index contributed by atoms with van der Waals surface area (Å²) in [5.74, 6) is 1.21. The van der Waals surface area contributed by atoms with Crippen LogP contribution in [0.15, 0.2) is 52.0 Å². The number of nitrogens with zero attached hydrogens (tertiary/aromatic N) is 1. The summed E-state index contributed by atoms with van der Waals surface area (Å²) in [6.07, 6.45) is 1.60. The summed E-state index contributed by atoms with van der Waals surface area (Å²) in [6.45, 7) is 3.25. The molecule has 1 aromatic heterocycles. The van der Waals surface area contributed by atoms with E-state index in [0.717, 1.165) is 5.76 Å². The lowest BCUT2D eigenvalue weighted by atomic mass is 10.3. The van der Waals surface area contributed by atoms with Crippen molar-refractivity contribution in [3.8, 4) is 0 Å². The average molecular weight is 411 g/mol. The molecule has 1 aliphatic heterocycles. The molecule has 0 aliphatic carbocycles. The molecular formula is C18H22N2O5S2. The van der Waals surface area contributed by atoms with E-state index in [9.17, 15) is 13.2 Å². The van der Waals surface area contributed by atoms with Gasteiger partial charge in [-0.3, -0.25) is 4.79 Å². The van der Waals surface area contributed by atoms with Crippen LogP contribution in [0.25, 0.3) is 0 Å². The zero-order valence-corrected chi connectivity index (χ0v) is 16.6. The SMILES string of the molecule is C[C@@H](SCc1ccco1)C(=O)Nc1cccc(S(=O)(=O)N2CCOCC2)c1. The number of thioether (sulfide) groups is 1. The van der Waals surface area contributed by atoms with Gasteiger partial charge < -0.3 is 14.5 Å². The lowest BCUT2D eigenvalue weighted by Crippen LogP contribution is -2.40. The molecule has 146 valence electrons. The molecule has 7 nitrogen and oxygen atoms in total. The Morgan fingerprint density at radius 3 is 2.74 bits per heavy atom. The molecule has 3 rings (SSSR count). The van der Waals surface area contributed by atoms with Gasteiger partial charge in [0.25, 0.3) is 0 Å². The van der Waals surface area contributed by atoms with Crippen molar-refractivity contribution >= 4 is 33.4 Å². The number of morpholine rings is 1. The van der Waals surface area contributed by atoms with E-state index in [0.29, 0.717) is 37.7 Å². The van der Waals surface area contributed by atoms with Crippen LogP contribution in [0.5, 0.6) is 0 Å². The molecule has 1 atom stereocenters. The predicted octanol–water partition coefficient (Wildman–Crippen LogP) is 2.56. The number of rotatable bonds is 7. The highest BCUT2D eigenvalue weighted by atomic mass is 32.2. The molecule has 1 fully saturated rings. The Bertz CT molecular complexity index is 862. The van der Waals surface area contributed by atoms with Crippen LogP contribution in [0.4, 0.5) is 5.69 Å². The lowest BCUT2D eigenvalue weighted by molar-refractivity contribution is -0.115. The van der Waals surface area contributed by atoms with Crippen molar-refractivity contribution in [2.45, 2.75) is 22.8 Å². The van der Waals surface area contributed by atoms with Crippen LogP contribution in [0.2, 0.25) is 0 Å². The van der Waals surface area contributed by atoms with Crippen LogP contribution in [0.1, 0.15) is 12.7 Å². The third kappa shape index (κ3) is 5.13. The van der Waals surface area contributed by atoms with Gasteiger partial charge in [-0.2, -0.15) is 4.31 Å². The van der Waals surface area contributed by atoms with Crippen LogP contribution in [0.3, 0.4) is 0 Å². The fourth-order valence-electron chi connectivity index (χ4n) is 2.59.